The molecular formula is C16H22N2O. The minimum atomic E-state index is 0.0310. The molecule has 1 amide bonds. The lowest BCUT2D eigenvalue weighted by atomic mass is 10.0. The number of nitrogens with one attached hydrogen (secondary N) is 2. The highest BCUT2D eigenvalue weighted by Crippen LogP contribution is 2.21. The Bertz CT molecular complexity index is 557. The van der Waals surface area contributed by atoms with Crippen LogP contribution >= 0.6 is 0 Å². The second kappa shape index (κ2) is 6.41. The normalized spacial score (nSPS) is 10.8. The van der Waals surface area contributed by atoms with Crippen molar-refractivity contribution in [3.8, 4) is 0 Å². The van der Waals surface area contributed by atoms with Crippen LogP contribution in [0.5, 0.6) is 0 Å². The molecule has 2 N–H and O–H groups in total. The lowest BCUT2D eigenvalue weighted by Crippen LogP contribution is -2.22. The third-order valence-electron chi connectivity index (χ3n) is 3.42. The number of aromatic amines is 1. The van der Waals surface area contributed by atoms with Gasteiger partial charge in [0.05, 0.1) is 0 Å². The number of unbranched alkanes of at least 4 members (excludes halogenated alkanes) is 1. The summed E-state index contributed by atoms with van der Waals surface area (Å²) in [6.45, 7) is 4.47. The summed E-state index contributed by atoms with van der Waals surface area (Å²) in [6.07, 6.45) is 6.52. The molecule has 3 nitrogen and oxygen atoms in total. The lowest BCUT2D eigenvalue weighted by molar-refractivity contribution is -0.118. The molecule has 102 valence electrons. The Balaban J connectivity index is 2.12. The first-order chi connectivity index (χ1) is 9.20. The molecule has 0 atom stereocenters. The minimum absolute atomic E-state index is 0.0310. The van der Waals surface area contributed by atoms with E-state index in [0.29, 0.717) is 6.54 Å². The van der Waals surface area contributed by atoms with E-state index in [1.165, 1.54) is 34.9 Å². The van der Waals surface area contributed by atoms with Gasteiger partial charge >= 0.3 is 0 Å². The van der Waals surface area contributed by atoms with E-state index >= 15 is 0 Å². The highest BCUT2D eigenvalue weighted by atomic mass is 16.1. The predicted octanol–water partition coefficient (Wildman–Crippen LogP) is 3.19. The maximum absolute atomic E-state index is 10.9. The van der Waals surface area contributed by atoms with E-state index in [1.807, 2.05) is 0 Å². The molecule has 3 heteroatoms. The van der Waals surface area contributed by atoms with Crippen LogP contribution in [-0.4, -0.2) is 17.4 Å². The summed E-state index contributed by atoms with van der Waals surface area (Å²) >= 11 is 0. The fourth-order valence-electron chi connectivity index (χ4n) is 2.34. The van der Waals surface area contributed by atoms with Gasteiger partial charge in [0, 0.05) is 30.6 Å². The van der Waals surface area contributed by atoms with Crippen molar-refractivity contribution in [3.05, 3.63) is 35.5 Å². The summed E-state index contributed by atoms with van der Waals surface area (Å²) < 4.78 is 0. The zero-order chi connectivity index (χ0) is 13.7. The van der Waals surface area contributed by atoms with Crippen molar-refractivity contribution in [2.75, 3.05) is 6.54 Å². The van der Waals surface area contributed by atoms with Crippen LogP contribution in [0.3, 0.4) is 0 Å². The van der Waals surface area contributed by atoms with Gasteiger partial charge in [-0.1, -0.05) is 19.4 Å². The molecule has 0 aliphatic heterocycles. The van der Waals surface area contributed by atoms with Gasteiger partial charge in [-0.3, -0.25) is 4.79 Å². The number of carbonyl (C=O) groups is 1. The number of aromatic nitrogens is 1. The molecule has 0 aliphatic carbocycles. The van der Waals surface area contributed by atoms with Crippen LogP contribution in [0, 0.1) is 0 Å². The Hall–Kier alpha value is -1.77. The molecule has 0 saturated carbocycles. The smallest absolute Gasteiger partial charge is 0.216 e. The van der Waals surface area contributed by atoms with Crippen molar-refractivity contribution in [1.82, 2.24) is 10.3 Å². The average molecular weight is 258 g/mol. The fourth-order valence-corrected chi connectivity index (χ4v) is 2.34. The van der Waals surface area contributed by atoms with Crippen molar-refractivity contribution in [3.63, 3.8) is 0 Å². The van der Waals surface area contributed by atoms with E-state index in [2.05, 4.69) is 41.6 Å². The van der Waals surface area contributed by atoms with E-state index < -0.39 is 0 Å². The van der Waals surface area contributed by atoms with Gasteiger partial charge in [-0.25, -0.2) is 0 Å². The van der Waals surface area contributed by atoms with Gasteiger partial charge in [0.2, 0.25) is 5.91 Å². The first-order valence-electron chi connectivity index (χ1n) is 7.04. The Labute approximate surface area is 114 Å². The molecule has 0 radical (unpaired) electrons. The van der Waals surface area contributed by atoms with Crippen molar-refractivity contribution in [2.24, 2.45) is 0 Å². The van der Waals surface area contributed by atoms with Gasteiger partial charge in [-0.05, 0) is 42.5 Å². The standard InChI is InChI=1S/C16H22N2O/c1-3-4-5-13-6-7-16-15(10-13)14(11-18-16)8-9-17-12(2)19/h6-7,10-11,18H,3-5,8-9H2,1-2H3,(H,17,19). The molecule has 2 rings (SSSR count). The van der Waals surface area contributed by atoms with Gasteiger partial charge in [0.1, 0.15) is 0 Å². The van der Waals surface area contributed by atoms with Crippen LogP contribution < -0.4 is 5.32 Å². The second-order valence-corrected chi connectivity index (χ2v) is 5.03. The molecule has 1 aromatic heterocycles. The molecule has 19 heavy (non-hydrogen) atoms. The number of hydrogen-bond donors (Lipinski definition) is 2. The Morgan fingerprint density at radius 2 is 2.16 bits per heavy atom. The molecule has 2 aromatic rings. The topological polar surface area (TPSA) is 44.9 Å². The maximum Gasteiger partial charge on any atom is 0.216 e. The number of hydrogen-bond acceptors (Lipinski definition) is 1. The molecule has 0 spiro atoms. The van der Waals surface area contributed by atoms with E-state index in [1.54, 1.807) is 6.92 Å². The third-order valence-corrected chi connectivity index (χ3v) is 3.42. The molecule has 0 bridgehead atoms. The number of amides is 1. The monoisotopic (exact) mass is 258 g/mol. The van der Waals surface area contributed by atoms with Crippen LogP contribution in [0.15, 0.2) is 24.4 Å². The number of benzene rings is 1. The molecule has 0 saturated heterocycles. The van der Waals surface area contributed by atoms with Crippen LogP contribution in [0.4, 0.5) is 0 Å². The quantitative estimate of drug-likeness (QED) is 0.821. The molecule has 0 fully saturated rings. The Kier molecular flexibility index (Phi) is 4.61. The summed E-state index contributed by atoms with van der Waals surface area (Å²) in [5, 5.41) is 4.14. The number of carbonyl (C=O) groups excluding carboxylic acids is 1. The molecular weight excluding hydrogens is 236 g/mol. The van der Waals surface area contributed by atoms with E-state index in [9.17, 15) is 4.79 Å². The zero-order valence-corrected chi connectivity index (χ0v) is 11.8. The van der Waals surface area contributed by atoms with Crippen molar-refractivity contribution in [1.29, 1.82) is 0 Å². The maximum atomic E-state index is 10.9. The Morgan fingerprint density at radius 1 is 1.32 bits per heavy atom. The number of fused-ring (bicyclic) bond motifs is 1. The second-order valence-electron chi connectivity index (χ2n) is 5.03. The van der Waals surface area contributed by atoms with Gasteiger partial charge in [0.25, 0.3) is 0 Å². The van der Waals surface area contributed by atoms with E-state index in [-0.39, 0.29) is 5.91 Å². The SMILES string of the molecule is CCCCc1ccc2[nH]cc(CCNC(C)=O)c2c1. The zero-order valence-electron chi connectivity index (χ0n) is 11.8. The summed E-state index contributed by atoms with van der Waals surface area (Å²) in [4.78, 5) is 14.2. The number of aryl methyl sites for hydroxylation is 1. The van der Waals surface area contributed by atoms with Crippen LogP contribution in [0.1, 0.15) is 37.8 Å². The van der Waals surface area contributed by atoms with Gasteiger partial charge in [-0.2, -0.15) is 0 Å². The minimum Gasteiger partial charge on any atom is -0.361 e. The first kappa shape index (κ1) is 13.7. The highest BCUT2D eigenvalue weighted by Gasteiger charge is 2.05. The summed E-state index contributed by atoms with van der Waals surface area (Å²) in [6, 6.07) is 6.64. The summed E-state index contributed by atoms with van der Waals surface area (Å²) in [5.41, 5.74) is 3.86. The van der Waals surface area contributed by atoms with Crippen molar-refractivity contribution < 1.29 is 4.79 Å². The Morgan fingerprint density at radius 3 is 2.89 bits per heavy atom. The molecule has 0 aliphatic rings. The molecule has 0 unspecified atom stereocenters. The summed E-state index contributed by atoms with van der Waals surface area (Å²) in [5.74, 6) is 0.0310. The van der Waals surface area contributed by atoms with E-state index in [4.69, 9.17) is 0 Å². The van der Waals surface area contributed by atoms with Crippen LogP contribution in [0.2, 0.25) is 0 Å². The van der Waals surface area contributed by atoms with Gasteiger partial charge in [0.15, 0.2) is 0 Å². The largest absolute Gasteiger partial charge is 0.361 e. The van der Waals surface area contributed by atoms with E-state index in [0.717, 1.165) is 12.8 Å². The van der Waals surface area contributed by atoms with Crippen LogP contribution in [-0.2, 0) is 17.6 Å². The van der Waals surface area contributed by atoms with Crippen LogP contribution in [0.25, 0.3) is 10.9 Å². The van der Waals surface area contributed by atoms with Gasteiger partial charge < -0.3 is 10.3 Å². The third kappa shape index (κ3) is 3.60. The first-order valence-corrected chi connectivity index (χ1v) is 7.04. The van der Waals surface area contributed by atoms with Crippen molar-refractivity contribution >= 4 is 16.8 Å². The number of rotatable bonds is 6. The predicted molar refractivity (Wildman–Crippen MR) is 79.3 cm³/mol. The summed E-state index contributed by atoms with van der Waals surface area (Å²) in [7, 11) is 0. The number of H-pyrrole nitrogens is 1. The molecule has 1 aromatic carbocycles. The average Bonchev–Trinajstić information content (AvgIpc) is 2.79. The highest BCUT2D eigenvalue weighted by molar-refractivity contribution is 5.84. The fraction of sp³-hybridized carbons (Fsp3) is 0.438. The van der Waals surface area contributed by atoms with Gasteiger partial charge in [-0.15, -0.1) is 0 Å². The molecule has 1 heterocycles. The lowest BCUT2D eigenvalue weighted by Gasteiger charge is -2.03. The van der Waals surface area contributed by atoms with Crippen molar-refractivity contribution in [2.45, 2.75) is 39.5 Å².